The summed E-state index contributed by atoms with van der Waals surface area (Å²) in [7, 11) is -3.98. The highest BCUT2D eigenvalue weighted by molar-refractivity contribution is 7.89. The van der Waals surface area contributed by atoms with E-state index in [-0.39, 0.29) is 61.6 Å². The molecule has 1 aromatic carbocycles. The lowest BCUT2D eigenvalue weighted by Gasteiger charge is -2.33. The zero-order valence-corrected chi connectivity index (χ0v) is 19.6. The highest BCUT2D eigenvalue weighted by Gasteiger charge is 2.33. The minimum Gasteiger partial charge on any atom is -0.460 e. The summed E-state index contributed by atoms with van der Waals surface area (Å²) in [6.45, 7) is 3.65. The van der Waals surface area contributed by atoms with E-state index in [0.29, 0.717) is 16.7 Å². The molecule has 3 heterocycles. The van der Waals surface area contributed by atoms with Gasteiger partial charge in [-0.15, -0.1) is 0 Å². The van der Waals surface area contributed by atoms with E-state index in [2.05, 4.69) is 4.98 Å². The van der Waals surface area contributed by atoms with E-state index in [1.165, 1.54) is 25.9 Å². The first-order chi connectivity index (χ1) is 16.2. The Morgan fingerprint density at radius 2 is 1.79 bits per heavy atom. The Labute approximate surface area is 195 Å². The van der Waals surface area contributed by atoms with Gasteiger partial charge in [0.05, 0.1) is 17.5 Å². The van der Waals surface area contributed by atoms with Crippen LogP contribution in [-0.2, 0) is 26.1 Å². The summed E-state index contributed by atoms with van der Waals surface area (Å²) in [5, 5.41) is 0.0668. The molecule has 3 aromatic rings. The molecule has 0 N–H and O–H groups in total. The average molecular weight is 489 g/mol. The van der Waals surface area contributed by atoms with Gasteiger partial charge in [0.15, 0.2) is 0 Å². The Balaban J connectivity index is 1.43. The van der Waals surface area contributed by atoms with Crippen molar-refractivity contribution in [3.05, 3.63) is 58.3 Å². The molecule has 1 amide bonds. The Morgan fingerprint density at radius 1 is 1.09 bits per heavy atom. The van der Waals surface area contributed by atoms with Gasteiger partial charge in [-0.1, -0.05) is 12.1 Å². The van der Waals surface area contributed by atoms with Gasteiger partial charge in [0, 0.05) is 26.2 Å². The number of hydrogen-bond donors (Lipinski definition) is 0. The van der Waals surface area contributed by atoms with Gasteiger partial charge >= 0.3 is 5.97 Å². The van der Waals surface area contributed by atoms with E-state index < -0.39 is 16.0 Å². The Bertz CT molecular complexity index is 1400. The maximum Gasteiger partial charge on any atom is 0.374 e. The molecule has 1 aliphatic heterocycles. The van der Waals surface area contributed by atoms with Crippen molar-refractivity contribution in [2.24, 2.45) is 0 Å². The van der Waals surface area contributed by atoms with Crippen molar-refractivity contribution in [2.75, 3.05) is 32.8 Å². The molecule has 0 saturated carbocycles. The normalized spacial score (nSPS) is 14.9. The third-order valence-corrected chi connectivity index (χ3v) is 7.36. The highest BCUT2D eigenvalue weighted by atomic mass is 32.2. The van der Waals surface area contributed by atoms with Crippen LogP contribution in [0.15, 0.2) is 50.7 Å². The molecular formula is C22H24N4O7S. The van der Waals surface area contributed by atoms with Gasteiger partial charge in [-0.3, -0.25) is 14.2 Å². The minimum atomic E-state index is -3.98. The lowest BCUT2D eigenvalue weighted by atomic mass is 10.2. The lowest BCUT2D eigenvalue weighted by molar-refractivity contribution is -0.133. The summed E-state index contributed by atoms with van der Waals surface area (Å²) in [5.74, 6) is -0.817. The van der Waals surface area contributed by atoms with E-state index in [1.54, 1.807) is 38.1 Å². The number of aryl methyl sites for hydroxylation is 1. The Hall–Kier alpha value is -3.51. The number of piperazine rings is 1. The number of amides is 1. The molecule has 1 saturated heterocycles. The van der Waals surface area contributed by atoms with Crippen LogP contribution in [0.2, 0.25) is 0 Å². The Kier molecular flexibility index (Phi) is 6.53. The number of furan rings is 1. The maximum atomic E-state index is 12.9. The van der Waals surface area contributed by atoms with Crippen molar-refractivity contribution in [3.8, 4) is 0 Å². The number of carbonyl (C=O) groups is 2. The van der Waals surface area contributed by atoms with E-state index in [4.69, 9.17) is 9.15 Å². The fraction of sp³-hybridized carbons (Fsp3) is 0.364. The molecule has 0 unspecified atom stereocenters. The summed E-state index contributed by atoms with van der Waals surface area (Å²) >= 11 is 0. The summed E-state index contributed by atoms with van der Waals surface area (Å²) in [5.41, 5.74) is 0.268. The van der Waals surface area contributed by atoms with Gasteiger partial charge in [0.25, 0.3) is 15.6 Å². The van der Waals surface area contributed by atoms with Gasteiger partial charge < -0.3 is 14.1 Å². The molecule has 0 bridgehead atoms. The molecule has 34 heavy (non-hydrogen) atoms. The number of rotatable bonds is 6. The van der Waals surface area contributed by atoms with Crippen LogP contribution < -0.4 is 5.56 Å². The zero-order valence-electron chi connectivity index (χ0n) is 18.8. The second kappa shape index (κ2) is 9.39. The molecule has 0 spiro atoms. The van der Waals surface area contributed by atoms with Crippen LogP contribution in [0.3, 0.4) is 0 Å². The van der Waals surface area contributed by atoms with Crippen LogP contribution >= 0.6 is 0 Å². The van der Waals surface area contributed by atoms with Gasteiger partial charge in [-0.2, -0.15) is 4.31 Å². The van der Waals surface area contributed by atoms with Crippen molar-refractivity contribution in [2.45, 2.75) is 25.5 Å². The molecule has 0 atom stereocenters. The quantitative estimate of drug-likeness (QED) is 0.470. The summed E-state index contributed by atoms with van der Waals surface area (Å²) in [6.07, 6.45) is 0. The second-order valence-electron chi connectivity index (χ2n) is 7.69. The minimum absolute atomic E-state index is 0.0490. The summed E-state index contributed by atoms with van der Waals surface area (Å²) in [6, 6.07) is 9.39. The lowest BCUT2D eigenvalue weighted by Crippen LogP contribution is -2.51. The zero-order chi connectivity index (χ0) is 24.5. The SMILES string of the molecule is CCOC(=O)c1ccc(S(=O)(=O)N2CCN(C(=O)Cn3c(C)nc4ccccc4c3=O)CC2)o1. The fourth-order valence-corrected chi connectivity index (χ4v) is 5.11. The van der Waals surface area contributed by atoms with Crippen molar-refractivity contribution in [1.82, 2.24) is 18.8 Å². The van der Waals surface area contributed by atoms with Crippen molar-refractivity contribution in [3.63, 3.8) is 0 Å². The van der Waals surface area contributed by atoms with Crippen LogP contribution in [0, 0.1) is 6.92 Å². The second-order valence-corrected chi connectivity index (χ2v) is 9.56. The van der Waals surface area contributed by atoms with Crippen molar-refractivity contribution in [1.29, 1.82) is 0 Å². The Morgan fingerprint density at radius 3 is 2.50 bits per heavy atom. The van der Waals surface area contributed by atoms with Crippen molar-refractivity contribution < 1.29 is 27.2 Å². The van der Waals surface area contributed by atoms with Crippen LogP contribution in [0.5, 0.6) is 0 Å². The molecule has 1 aliphatic rings. The third kappa shape index (κ3) is 4.46. The number of aromatic nitrogens is 2. The molecule has 11 nitrogen and oxygen atoms in total. The molecule has 2 aromatic heterocycles. The summed E-state index contributed by atoms with van der Waals surface area (Å²) < 4.78 is 38.3. The molecule has 0 radical (unpaired) electrons. The van der Waals surface area contributed by atoms with Crippen LogP contribution in [0.25, 0.3) is 10.9 Å². The number of benzene rings is 1. The van der Waals surface area contributed by atoms with E-state index in [0.717, 1.165) is 0 Å². The molecular weight excluding hydrogens is 464 g/mol. The van der Waals surface area contributed by atoms with E-state index >= 15 is 0 Å². The highest BCUT2D eigenvalue weighted by Crippen LogP contribution is 2.21. The number of carbonyl (C=O) groups excluding carboxylic acids is 2. The monoisotopic (exact) mass is 488 g/mol. The van der Waals surface area contributed by atoms with Gasteiger partial charge in [0.2, 0.25) is 16.8 Å². The first-order valence-corrected chi connectivity index (χ1v) is 12.2. The molecule has 4 rings (SSSR count). The van der Waals surface area contributed by atoms with Gasteiger partial charge in [-0.25, -0.2) is 18.2 Å². The van der Waals surface area contributed by atoms with Crippen LogP contribution in [-0.4, -0.2) is 71.8 Å². The van der Waals surface area contributed by atoms with E-state index in [1.807, 2.05) is 0 Å². The first kappa shape index (κ1) is 23.6. The predicted octanol–water partition coefficient (Wildman–Crippen LogP) is 1.01. The first-order valence-electron chi connectivity index (χ1n) is 10.7. The standard InChI is InChI=1S/C22H24N4O7S/c1-3-32-22(29)18-8-9-20(33-18)34(30,31)25-12-10-24(11-13-25)19(27)14-26-15(2)23-17-7-5-4-6-16(17)21(26)28/h4-9H,3,10-14H2,1-2H3. The number of sulfonamides is 1. The number of ether oxygens (including phenoxy) is 1. The van der Waals surface area contributed by atoms with E-state index in [9.17, 15) is 22.8 Å². The number of hydrogen-bond acceptors (Lipinski definition) is 8. The molecule has 12 heteroatoms. The molecule has 1 fully saturated rings. The number of nitrogens with zero attached hydrogens (tertiary/aromatic N) is 4. The number of esters is 1. The van der Waals surface area contributed by atoms with Gasteiger partial charge in [0.1, 0.15) is 12.4 Å². The molecule has 0 aliphatic carbocycles. The number of fused-ring (bicyclic) bond motifs is 1. The maximum absolute atomic E-state index is 12.9. The van der Waals surface area contributed by atoms with Crippen LogP contribution in [0.4, 0.5) is 0 Å². The third-order valence-electron chi connectivity index (χ3n) is 5.59. The van der Waals surface area contributed by atoms with Crippen LogP contribution in [0.1, 0.15) is 23.3 Å². The predicted molar refractivity (Wildman–Crippen MR) is 121 cm³/mol. The van der Waals surface area contributed by atoms with Gasteiger partial charge in [-0.05, 0) is 38.1 Å². The summed E-state index contributed by atoms with van der Waals surface area (Å²) in [4.78, 5) is 43.4. The average Bonchev–Trinajstić information content (AvgIpc) is 3.33. The molecule has 180 valence electrons. The number of para-hydroxylation sites is 1. The van der Waals surface area contributed by atoms with Crippen molar-refractivity contribution >= 4 is 32.8 Å². The topological polar surface area (TPSA) is 132 Å². The smallest absolute Gasteiger partial charge is 0.374 e. The fourth-order valence-electron chi connectivity index (χ4n) is 3.78. The largest absolute Gasteiger partial charge is 0.460 e.